The van der Waals surface area contributed by atoms with Crippen LogP contribution in [0.25, 0.3) is 0 Å². The second kappa shape index (κ2) is 9.23. The molecular formula is C32H38F5NO4. The van der Waals surface area contributed by atoms with Gasteiger partial charge in [-0.15, -0.1) is 0 Å². The summed E-state index contributed by atoms with van der Waals surface area (Å²) in [5.74, 6) is -7.83. The van der Waals surface area contributed by atoms with Gasteiger partial charge in [-0.05, 0) is 73.6 Å². The Morgan fingerprint density at radius 3 is 2.17 bits per heavy atom. The largest absolute Gasteiger partial charge is 0.456 e. The molecular weight excluding hydrogens is 557 g/mol. The Hall–Kier alpha value is -2.06. The van der Waals surface area contributed by atoms with Gasteiger partial charge in [-0.3, -0.25) is 0 Å². The van der Waals surface area contributed by atoms with Crippen molar-refractivity contribution in [3.05, 3.63) is 46.5 Å². The van der Waals surface area contributed by atoms with Gasteiger partial charge in [-0.2, -0.15) is 27.2 Å². The summed E-state index contributed by atoms with van der Waals surface area (Å²) in [5.41, 5.74) is -3.69. The minimum absolute atomic E-state index is 0.0316. The minimum atomic E-state index is -5.90. The van der Waals surface area contributed by atoms with Crippen molar-refractivity contribution >= 4 is 0 Å². The molecule has 1 heterocycles. The number of aliphatic hydroxyl groups is 2. The number of halogens is 5. The Morgan fingerprint density at radius 1 is 0.929 bits per heavy atom. The average Bonchev–Trinajstić information content (AvgIpc) is 3.20. The van der Waals surface area contributed by atoms with E-state index in [1.54, 1.807) is 24.3 Å². The van der Waals surface area contributed by atoms with E-state index in [9.17, 15) is 28.6 Å². The summed E-state index contributed by atoms with van der Waals surface area (Å²) in [7, 11) is 0. The highest BCUT2D eigenvalue weighted by Gasteiger charge is 2.79. The van der Waals surface area contributed by atoms with Crippen molar-refractivity contribution in [2.45, 2.75) is 107 Å². The molecule has 42 heavy (non-hydrogen) atoms. The van der Waals surface area contributed by atoms with Crippen LogP contribution < -0.4 is 0 Å². The van der Waals surface area contributed by atoms with Crippen LogP contribution in [0.4, 0.5) is 22.0 Å². The molecule has 2 N–H and O–H groups in total. The van der Waals surface area contributed by atoms with Crippen molar-refractivity contribution in [2.75, 3.05) is 13.2 Å². The Labute approximate surface area is 242 Å². The fourth-order valence-corrected chi connectivity index (χ4v) is 9.10. The van der Waals surface area contributed by atoms with Crippen LogP contribution in [0.2, 0.25) is 0 Å². The first kappa shape index (κ1) is 30.0. The van der Waals surface area contributed by atoms with Crippen molar-refractivity contribution in [2.24, 2.45) is 22.7 Å². The molecule has 230 valence electrons. The Bertz CT molecular complexity index is 1320. The zero-order chi connectivity index (χ0) is 30.6. The molecule has 10 heteroatoms. The molecule has 5 aliphatic rings. The van der Waals surface area contributed by atoms with E-state index in [2.05, 4.69) is 6.07 Å². The first-order valence-corrected chi connectivity index (χ1v) is 14.8. The number of nitrogens with zero attached hydrogens (tertiary/aromatic N) is 1. The maximum atomic E-state index is 15.2. The van der Waals surface area contributed by atoms with Gasteiger partial charge in [-0.25, -0.2) is 0 Å². The quantitative estimate of drug-likeness (QED) is 0.291. The highest BCUT2D eigenvalue weighted by Crippen LogP contribution is 2.71. The summed E-state index contributed by atoms with van der Waals surface area (Å²) in [5, 5.41) is 32.9. The second-order valence-electron chi connectivity index (χ2n) is 14.4. The van der Waals surface area contributed by atoms with Gasteiger partial charge < -0.3 is 19.7 Å². The molecule has 6 atom stereocenters. The smallest absolute Gasteiger partial charge is 0.385 e. The molecule has 1 spiro atoms. The van der Waals surface area contributed by atoms with Crippen molar-refractivity contribution in [3.8, 4) is 6.07 Å². The third-order valence-corrected chi connectivity index (χ3v) is 11.3. The van der Waals surface area contributed by atoms with Gasteiger partial charge in [0.15, 0.2) is 5.79 Å². The fourth-order valence-electron chi connectivity index (χ4n) is 9.10. The Balaban J connectivity index is 1.46. The number of fused-ring (bicyclic) bond motifs is 4. The van der Waals surface area contributed by atoms with Crippen molar-refractivity contribution in [1.82, 2.24) is 0 Å². The van der Waals surface area contributed by atoms with Gasteiger partial charge in [-0.1, -0.05) is 38.5 Å². The van der Waals surface area contributed by atoms with E-state index in [1.807, 2.05) is 13.8 Å². The number of hydrogen-bond acceptors (Lipinski definition) is 5. The number of benzene rings is 1. The normalized spacial score (nSPS) is 39.3. The van der Waals surface area contributed by atoms with Gasteiger partial charge in [0.25, 0.3) is 0 Å². The van der Waals surface area contributed by atoms with Crippen molar-refractivity contribution < 1.29 is 41.6 Å². The first-order valence-electron chi connectivity index (χ1n) is 14.8. The molecule has 0 amide bonds. The lowest BCUT2D eigenvalue weighted by Crippen LogP contribution is -2.65. The molecule has 1 saturated heterocycles. The minimum Gasteiger partial charge on any atom is -0.385 e. The predicted molar refractivity (Wildman–Crippen MR) is 142 cm³/mol. The average molecular weight is 596 g/mol. The summed E-state index contributed by atoms with van der Waals surface area (Å²) in [6, 6.07) is 8.68. The predicted octanol–water partition coefficient (Wildman–Crippen LogP) is 6.78. The summed E-state index contributed by atoms with van der Waals surface area (Å²) >= 11 is 0. The Kier molecular flexibility index (Phi) is 6.59. The monoisotopic (exact) mass is 595 g/mol. The van der Waals surface area contributed by atoms with Crippen LogP contribution in [0, 0.1) is 34.0 Å². The lowest BCUT2D eigenvalue weighted by atomic mass is 9.49. The number of hydrogen-bond donors (Lipinski definition) is 2. The Morgan fingerprint density at radius 2 is 1.57 bits per heavy atom. The molecule has 6 rings (SSSR count). The molecule has 3 saturated carbocycles. The van der Waals surface area contributed by atoms with E-state index >= 15 is 8.78 Å². The van der Waals surface area contributed by atoms with Gasteiger partial charge in [0.05, 0.1) is 30.4 Å². The highest BCUT2D eigenvalue weighted by molar-refractivity contribution is 5.45. The van der Waals surface area contributed by atoms with Crippen LogP contribution in [0.15, 0.2) is 35.4 Å². The maximum absolute atomic E-state index is 15.2. The molecule has 1 aliphatic heterocycles. The summed E-state index contributed by atoms with van der Waals surface area (Å²) in [6.45, 7) is 6.45. The molecule has 1 aromatic rings. The molecule has 0 aromatic heterocycles. The van der Waals surface area contributed by atoms with Gasteiger partial charge >= 0.3 is 12.1 Å². The zero-order valence-electron chi connectivity index (χ0n) is 24.2. The first-order chi connectivity index (χ1) is 19.4. The lowest BCUT2D eigenvalue weighted by molar-refractivity contribution is -0.362. The summed E-state index contributed by atoms with van der Waals surface area (Å²) in [6.07, 6.45) is -4.82. The van der Waals surface area contributed by atoms with Crippen LogP contribution in [-0.4, -0.2) is 52.5 Å². The maximum Gasteiger partial charge on any atom is 0.456 e. The van der Waals surface area contributed by atoms with Crippen LogP contribution in [0.1, 0.15) is 89.2 Å². The van der Waals surface area contributed by atoms with Gasteiger partial charge in [0.1, 0.15) is 5.60 Å². The van der Waals surface area contributed by atoms with E-state index < -0.39 is 52.8 Å². The molecule has 4 fully saturated rings. The van der Waals surface area contributed by atoms with E-state index in [0.717, 1.165) is 11.1 Å². The lowest BCUT2D eigenvalue weighted by Gasteiger charge is -2.59. The summed E-state index contributed by atoms with van der Waals surface area (Å²) in [4.78, 5) is 0. The zero-order valence-corrected chi connectivity index (χ0v) is 24.2. The van der Waals surface area contributed by atoms with Crippen molar-refractivity contribution in [3.63, 3.8) is 0 Å². The molecule has 5 nitrogen and oxygen atoms in total. The highest BCUT2D eigenvalue weighted by atomic mass is 19.4. The van der Waals surface area contributed by atoms with E-state index in [4.69, 9.17) is 9.47 Å². The van der Waals surface area contributed by atoms with Crippen molar-refractivity contribution in [1.29, 1.82) is 5.26 Å². The number of ether oxygens (including phenoxy) is 2. The van der Waals surface area contributed by atoms with Crippen LogP contribution in [-0.2, 0) is 9.47 Å². The van der Waals surface area contributed by atoms with E-state index in [0.29, 0.717) is 50.0 Å². The SMILES string of the molecule is CC1(C)COC2(CCC3=C4C(CCC3(O)C2)C2CC[C@@](O)(C(F)(F)C(F)(F)F)[C@@]2(C)C[C@@H]4c2ccc(C#N)cc2)OC1. The van der Waals surface area contributed by atoms with Crippen LogP contribution in [0.3, 0.4) is 0 Å². The van der Waals surface area contributed by atoms with Gasteiger partial charge in [0, 0.05) is 29.6 Å². The van der Waals surface area contributed by atoms with Crippen LogP contribution >= 0.6 is 0 Å². The molecule has 4 aliphatic carbocycles. The summed E-state index contributed by atoms with van der Waals surface area (Å²) < 4.78 is 84.2. The fraction of sp³-hybridized carbons (Fsp3) is 0.719. The second-order valence-corrected chi connectivity index (χ2v) is 14.4. The number of allylic oxidation sites excluding steroid dienone is 1. The third kappa shape index (κ3) is 4.13. The molecule has 0 bridgehead atoms. The molecule has 3 unspecified atom stereocenters. The molecule has 1 aromatic carbocycles. The topological polar surface area (TPSA) is 82.7 Å². The van der Waals surface area contributed by atoms with Crippen LogP contribution in [0.5, 0.6) is 0 Å². The number of nitriles is 1. The standard InChI is InChI=1S/C32H38F5NO4/c1-26(2)17-41-29(42-18-26)12-9-24-25-21(8-11-28(24,39)16-29)23-10-13-30(40,31(33,34)32(35,36)37)27(23,3)14-22(25)20-6-4-19(15-38)5-7-20/h4-7,21-23,39-40H,8-14,16-18H2,1-3H3/t21?,22-,23?,27+,28?,30+/m1/s1. The van der Waals surface area contributed by atoms with E-state index in [1.165, 1.54) is 6.92 Å². The third-order valence-electron chi connectivity index (χ3n) is 11.3. The number of rotatable bonds is 2. The molecule has 0 radical (unpaired) electrons. The van der Waals surface area contributed by atoms with Gasteiger partial charge in [0.2, 0.25) is 0 Å². The number of alkyl halides is 5. The van der Waals surface area contributed by atoms with E-state index in [-0.39, 0.29) is 30.6 Å².